The van der Waals surface area contributed by atoms with Crippen molar-refractivity contribution in [1.29, 1.82) is 5.26 Å². The molecule has 1 aliphatic carbocycles. The van der Waals surface area contributed by atoms with Gasteiger partial charge >= 0.3 is 5.97 Å². The average molecular weight is 287 g/mol. The lowest BCUT2D eigenvalue weighted by molar-refractivity contribution is -0.140. The van der Waals surface area contributed by atoms with Gasteiger partial charge in [0, 0.05) is 6.07 Å². The number of carbonyl (C=O) groups excluding carboxylic acids is 1. The average Bonchev–Trinajstić information content (AvgIpc) is 2.48. The third kappa shape index (κ3) is 3.91. The molecule has 1 aromatic rings. The summed E-state index contributed by atoms with van der Waals surface area (Å²) < 4.78 is 18.7. The lowest BCUT2D eigenvalue weighted by atomic mass is 9.82. The van der Waals surface area contributed by atoms with Crippen LogP contribution in [0, 0.1) is 29.0 Å². The molecule has 1 fully saturated rings. The van der Waals surface area contributed by atoms with Crippen LogP contribution in [0.25, 0.3) is 0 Å². The highest BCUT2D eigenvalue weighted by Crippen LogP contribution is 2.31. The number of allylic oxidation sites excluding steroid dienone is 2. The topological polar surface area (TPSA) is 50.1 Å². The highest BCUT2D eigenvalue weighted by Gasteiger charge is 2.26. The normalized spacial score (nSPS) is 22.0. The molecule has 0 aliphatic heterocycles. The van der Waals surface area contributed by atoms with E-state index in [0.29, 0.717) is 5.92 Å². The van der Waals surface area contributed by atoms with Gasteiger partial charge in [0.25, 0.3) is 0 Å². The maximum atomic E-state index is 13.5. The Labute approximate surface area is 124 Å². The number of halogens is 1. The van der Waals surface area contributed by atoms with Gasteiger partial charge in [-0.3, -0.25) is 4.79 Å². The first kappa shape index (κ1) is 15.2. The van der Waals surface area contributed by atoms with Crippen molar-refractivity contribution in [3.8, 4) is 11.8 Å². The molecule has 1 aliphatic rings. The van der Waals surface area contributed by atoms with Crippen LogP contribution in [0.5, 0.6) is 5.75 Å². The van der Waals surface area contributed by atoms with Gasteiger partial charge in [0.2, 0.25) is 0 Å². The Balaban J connectivity index is 1.93. The smallest absolute Gasteiger partial charge is 0.314 e. The van der Waals surface area contributed by atoms with Crippen LogP contribution >= 0.6 is 0 Å². The van der Waals surface area contributed by atoms with Gasteiger partial charge in [-0.1, -0.05) is 12.2 Å². The van der Waals surface area contributed by atoms with Gasteiger partial charge in [0.05, 0.1) is 11.5 Å². The first-order chi connectivity index (χ1) is 10.1. The molecule has 0 atom stereocenters. The number of hydrogen-bond acceptors (Lipinski definition) is 3. The van der Waals surface area contributed by atoms with Gasteiger partial charge in [0.15, 0.2) is 0 Å². The first-order valence-electron chi connectivity index (χ1n) is 7.18. The quantitative estimate of drug-likeness (QED) is 0.480. The standard InChI is InChI=1S/C17H18FNO2/c1-2-3-12-4-6-13(7-5-12)17(20)21-15-9-8-14(11-19)16(18)10-15/h2-3,8-10,12-13H,4-7H2,1H3. The number of esters is 1. The van der Waals surface area contributed by atoms with Crippen LogP contribution in [-0.4, -0.2) is 5.97 Å². The van der Waals surface area contributed by atoms with Gasteiger partial charge in [-0.05, 0) is 50.7 Å². The van der Waals surface area contributed by atoms with Gasteiger partial charge in [-0.25, -0.2) is 4.39 Å². The number of nitrogens with zero attached hydrogens (tertiary/aromatic N) is 1. The molecule has 110 valence electrons. The van der Waals surface area contributed by atoms with Crippen molar-refractivity contribution < 1.29 is 13.9 Å². The maximum Gasteiger partial charge on any atom is 0.314 e. The summed E-state index contributed by atoms with van der Waals surface area (Å²) in [6, 6.07) is 5.59. The van der Waals surface area contributed by atoms with Crippen LogP contribution in [0.15, 0.2) is 30.4 Å². The van der Waals surface area contributed by atoms with Crippen LogP contribution in [0.1, 0.15) is 38.2 Å². The van der Waals surface area contributed by atoms with Crippen molar-refractivity contribution in [3.05, 3.63) is 41.7 Å². The molecule has 21 heavy (non-hydrogen) atoms. The molecule has 1 saturated carbocycles. The summed E-state index contributed by atoms with van der Waals surface area (Å²) in [5, 5.41) is 8.66. The fourth-order valence-electron chi connectivity index (χ4n) is 2.67. The van der Waals surface area contributed by atoms with Crippen LogP contribution in [0.4, 0.5) is 4.39 Å². The molecule has 0 spiro atoms. The second kappa shape index (κ2) is 7.03. The van der Waals surface area contributed by atoms with Crippen molar-refractivity contribution in [2.45, 2.75) is 32.6 Å². The maximum absolute atomic E-state index is 13.5. The Morgan fingerprint density at radius 3 is 2.67 bits per heavy atom. The summed E-state index contributed by atoms with van der Waals surface area (Å²) in [5.74, 6) is -0.388. The molecule has 0 saturated heterocycles. The van der Waals surface area contributed by atoms with E-state index in [2.05, 4.69) is 6.08 Å². The van der Waals surface area contributed by atoms with Crippen molar-refractivity contribution in [2.75, 3.05) is 0 Å². The van der Waals surface area contributed by atoms with Gasteiger partial charge in [-0.2, -0.15) is 5.26 Å². The fraction of sp³-hybridized carbons (Fsp3) is 0.412. The van der Waals surface area contributed by atoms with Gasteiger partial charge in [0.1, 0.15) is 17.6 Å². The number of nitriles is 1. The van der Waals surface area contributed by atoms with E-state index in [1.165, 1.54) is 12.1 Å². The molecular weight excluding hydrogens is 269 g/mol. The van der Waals surface area contributed by atoms with E-state index in [1.807, 2.05) is 13.0 Å². The van der Waals surface area contributed by atoms with Crippen molar-refractivity contribution >= 4 is 5.97 Å². The van der Waals surface area contributed by atoms with Crippen LogP contribution in [0.3, 0.4) is 0 Å². The molecule has 2 rings (SSSR count). The Hall–Kier alpha value is -2.15. The number of ether oxygens (including phenoxy) is 1. The van der Waals surface area contributed by atoms with Gasteiger partial charge < -0.3 is 4.74 Å². The summed E-state index contributed by atoms with van der Waals surface area (Å²) in [6.07, 6.45) is 7.78. The van der Waals surface area contributed by atoms with Gasteiger partial charge in [-0.15, -0.1) is 0 Å². The van der Waals surface area contributed by atoms with Crippen LogP contribution in [0.2, 0.25) is 0 Å². The lowest BCUT2D eigenvalue weighted by Crippen LogP contribution is -2.25. The number of hydrogen-bond donors (Lipinski definition) is 0. The zero-order chi connectivity index (χ0) is 15.2. The second-order valence-corrected chi connectivity index (χ2v) is 5.31. The third-order valence-electron chi connectivity index (χ3n) is 3.85. The molecule has 4 heteroatoms. The summed E-state index contributed by atoms with van der Waals surface area (Å²) >= 11 is 0. The first-order valence-corrected chi connectivity index (χ1v) is 7.18. The van der Waals surface area contributed by atoms with E-state index in [1.54, 1.807) is 6.07 Å². The molecular formula is C17H18FNO2. The summed E-state index contributed by atoms with van der Waals surface area (Å²) in [4.78, 5) is 12.1. The largest absolute Gasteiger partial charge is 0.426 e. The molecule has 0 bridgehead atoms. The highest BCUT2D eigenvalue weighted by atomic mass is 19.1. The van der Waals surface area contributed by atoms with Crippen molar-refractivity contribution in [3.63, 3.8) is 0 Å². The minimum Gasteiger partial charge on any atom is -0.426 e. The fourth-order valence-corrected chi connectivity index (χ4v) is 2.67. The Kier molecular flexibility index (Phi) is 5.10. The monoisotopic (exact) mass is 287 g/mol. The molecule has 0 amide bonds. The van der Waals surface area contributed by atoms with Crippen molar-refractivity contribution in [2.24, 2.45) is 11.8 Å². The van der Waals surface area contributed by atoms with E-state index < -0.39 is 5.82 Å². The zero-order valence-electron chi connectivity index (χ0n) is 12.0. The highest BCUT2D eigenvalue weighted by molar-refractivity contribution is 5.75. The summed E-state index contributed by atoms with van der Waals surface area (Å²) in [6.45, 7) is 2.00. The number of carbonyl (C=O) groups is 1. The molecule has 0 radical (unpaired) electrons. The molecule has 0 aromatic heterocycles. The van der Waals surface area contributed by atoms with Crippen LogP contribution in [-0.2, 0) is 4.79 Å². The minimum atomic E-state index is -0.667. The predicted octanol–water partition coefficient (Wildman–Crippen LogP) is 3.99. The molecule has 1 aromatic carbocycles. The van der Waals surface area contributed by atoms with E-state index in [-0.39, 0.29) is 23.2 Å². The number of rotatable bonds is 3. The molecule has 3 nitrogen and oxygen atoms in total. The van der Waals surface area contributed by atoms with E-state index in [9.17, 15) is 9.18 Å². The van der Waals surface area contributed by atoms with Crippen LogP contribution < -0.4 is 4.74 Å². The molecule has 0 heterocycles. The lowest BCUT2D eigenvalue weighted by Gasteiger charge is -2.25. The Morgan fingerprint density at radius 1 is 1.38 bits per heavy atom. The molecule has 0 unspecified atom stereocenters. The number of benzene rings is 1. The Bertz CT molecular complexity index is 581. The summed E-state index contributed by atoms with van der Waals surface area (Å²) in [7, 11) is 0. The van der Waals surface area contributed by atoms with E-state index in [4.69, 9.17) is 10.00 Å². The van der Waals surface area contributed by atoms with Crippen molar-refractivity contribution in [1.82, 2.24) is 0 Å². The summed E-state index contributed by atoms with van der Waals surface area (Å²) in [5.41, 5.74) is -0.0540. The second-order valence-electron chi connectivity index (χ2n) is 5.31. The zero-order valence-corrected chi connectivity index (χ0v) is 12.0. The molecule has 0 N–H and O–H groups in total. The third-order valence-corrected chi connectivity index (χ3v) is 3.85. The Morgan fingerprint density at radius 2 is 2.10 bits per heavy atom. The minimum absolute atomic E-state index is 0.0540. The van der Waals surface area contributed by atoms with E-state index >= 15 is 0 Å². The predicted molar refractivity (Wildman–Crippen MR) is 77.0 cm³/mol. The van der Waals surface area contributed by atoms with E-state index in [0.717, 1.165) is 31.7 Å². The SMILES string of the molecule is CC=CC1CCC(C(=O)Oc2ccc(C#N)c(F)c2)CC1.